The molecule has 2 aromatic carbocycles. The maximum Gasteiger partial charge on any atom is 0.322 e. The van der Waals surface area contributed by atoms with Gasteiger partial charge >= 0.3 is 6.03 Å². The van der Waals surface area contributed by atoms with Gasteiger partial charge in [0.25, 0.3) is 5.82 Å². The molecule has 3 aromatic rings. The van der Waals surface area contributed by atoms with E-state index in [0.29, 0.717) is 13.1 Å². The number of nitrogens with zero attached hydrogens (tertiary/aromatic N) is 2. The largest absolute Gasteiger partial charge is 0.322 e. The fourth-order valence-electron chi connectivity index (χ4n) is 3.26. The molecule has 25 heavy (non-hydrogen) atoms. The number of piperazine rings is 1. The first-order chi connectivity index (χ1) is 12.3. The number of aromatic nitrogens is 1. The second-order valence-corrected chi connectivity index (χ2v) is 6.18. The maximum absolute atomic E-state index is 12.6. The summed E-state index contributed by atoms with van der Waals surface area (Å²) in [4.78, 5) is 20.0. The molecule has 2 amide bonds. The van der Waals surface area contributed by atoms with Crippen LogP contribution in [0.25, 0.3) is 10.8 Å². The van der Waals surface area contributed by atoms with Gasteiger partial charge in [0.15, 0.2) is 0 Å². The smallest absolute Gasteiger partial charge is 0.317 e. The number of rotatable bonds is 2. The molecule has 5 nitrogen and oxygen atoms in total. The Kier molecular flexibility index (Phi) is 4.21. The Morgan fingerprint density at radius 3 is 2.44 bits per heavy atom. The van der Waals surface area contributed by atoms with Gasteiger partial charge in [-0.2, -0.15) is 0 Å². The van der Waals surface area contributed by atoms with E-state index >= 15 is 0 Å². The van der Waals surface area contributed by atoms with E-state index in [0.717, 1.165) is 35.4 Å². The minimum atomic E-state index is -0.0342. The van der Waals surface area contributed by atoms with Crippen molar-refractivity contribution >= 4 is 28.3 Å². The Morgan fingerprint density at radius 2 is 1.64 bits per heavy atom. The number of carbonyl (C=O) groups is 1. The van der Waals surface area contributed by atoms with Crippen molar-refractivity contribution in [3.63, 3.8) is 0 Å². The zero-order valence-electron chi connectivity index (χ0n) is 14.0. The minimum absolute atomic E-state index is 0.0342. The van der Waals surface area contributed by atoms with Crippen LogP contribution in [0.15, 0.2) is 66.9 Å². The van der Waals surface area contributed by atoms with Gasteiger partial charge in [0.2, 0.25) is 0 Å². The molecule has 1 aromatic heterocycles. The number of amides is 2. The molecule has 0 spiro atoms. The van der Waals surface area contributed by atoms with Crippen LogP contribution in [-0.4, -0.2) is 37.1 Å². The van der Waals surface area contributed by atoms with Crippen LogP contribution in [0.2, 0.25) is 0 Å². The lowest BCUT2D eigenvalue weighted by Gasteiger charge is -2.31. The highest BCUT2D eigenvalue weighted by molar-refractivity contribution is 6.01. The average molecular weight is 333 g/mol. The molecule has 1 fully saturated rings. The van der Waals surface area contributed by atoms with E-state index in [2.05, 4.69) is 33.4 Å². The Hall–Kier alpha value is -3.08. The van der Waals surface area contributed by atoms with Crippen LogP contribution >= 0.6 is 0 Å². The van der Waals surface area contributed by atoms with Crippen LogP contribution in [0.4, 0.5) is 16.3 Å². The molecule has 0 radical (unpaired) electrons. The summed E-state index contributed by atoms with van der Waals surface area (Å²) in [5.74, 6) is 1.09. The first-order valence-corrected chi connectivity index (χ1v) is 8.56. The van der Waals surface area contributed by atoms with Crippen molar-refractivity contribution in [2.45, 2.75) is 0 Å². The zero-order valence-corrected chi connectivity index (χ0v) is 14.0. The van der Waals surface area contributed by atoms with Gasteiger partial charge in [0.05, 0.1) is 25.0 Å². The number of anilines is 2. The maximum atomic E-state index is 12.6. The van der Waals surface area contributed by atoms with Crippen LogP contribution in [0.3, 0.4) is 0 Å². The summed E-state index contributed by atoms with van der Waals surface area (Å²) in [6.07, 6.45) is 1.93. The third-order valence-electron chi connectivity index (χ3n) is 4.63. The topological polar surface area (TPSA) is 49.7 Å². The number of hydrogen-bond acceptors (Lipinski definition) is 2. The number of nitrogens with one attached hydrogen (secondary N) is 2. The number of carbonyl (C=O) groups excluding carboxylic acids is 1. The van der Waals surface area contributed by atoms with E-state index in [-0.39, 0.29) is 6.03 Å². The van der Waals surface area contributed by atoms with Crippen LogP contribution in [0, 0.1) is 0 Å². The summed E-state index contributed by atoms with van der Waals surface area (Å²) < 4.78 is 0. The molecule has 2 heterocycles. The van der Waals surface area contributed by atoms with Gasteiger partial charge in [-0.1, -0.05) is 42.5 Å². The molecule has 0 unspecified atom stereocenters. The summed E-state index contributed by atoms with van der Waals surface area (Å²) in [7, 11) is 0. The number of H-pyrrole nitrogens is 1. The number of pyridine rings is 1. The van der Waals surface area contributed by atoms with E-state index in [1.807, 2.05) is 53.6 Å². The van der Waals surface area contributed by atoms with E-state index in [9.17, 15) is 4.79 Å². The Balaban J connectivity index is 1.42. The highest BCUT2D eigenvalue weighted by Crippen LogP contribution is 2.23. The quantitative estimate of drug-likeness (QED) is 0.784. The standard InChI is InChI=1S/C20H20N4O/c25-20(22-18-9-5-7-16-6-1-2-8-17(16)18)24-14-12-23(13-15-24)19-10-3-4-11-21-19/h1-11H,12-15H2,(H,22,25)/p+1. The van der Waals surface area contributed by atoms with E-state index in [1.165, 1.54) is 0 Å². The second kappa shape index (κ2) is 6.81. The number of benzene rings is 2. The fourth-order valence-corrected chi connectivity index (χ4v) is 3.26. The summed E-state index contributed by atoms with van der Waals surface area (Å²) in [5, 5.41) is 5.26. The van der Waals surface area contributed by atoms with Crippen LogP contribution in [0.5, 0.6) is 0 Å². The first-order valence-electron chi connectivity index (χ1n) is 8.56. The van der Waals surface area contributed by atoms with Crippen molar-refractivity contribution in [1.29, 1.82) is 0 Å². The van der Waals surface area contributed by atoms with Gasteiger partial charge in [-0.3, -0.25) is 4.90 Å². The van der Waals surface area contributed by atoms with Gasteiger partial charge in [0, 0.05) is 11.5 Å². The summed E-state index contributed by atoms with van der Waals surface area (Å²) in [6.45, 7) is 3.06. The van der Waals surface area contributed by atoms with Gasteiger partial charge in [-0.05, 0) is 17.5 Å². The molecule has 5 heteroatoms. The summed E-state index contributed by atoms with van der Waals surface area (Å²) in [6, 6.07) is 20.1. The molecular weight excluding hydrogens is 312 g/mol. The normalized spacial score (nSPS) is 14.6. The predicted molar refractivity (Wildman–Crippen MR) is 99.8 cm³/mol. The third-order valence-corrected chi connectivity index (χ3v) is 4.63. The molecule has 1 aliphatic rings. The van der Waals surface area contributed by atoms with Gasteiger partial charge in [-0.15, -0.1) is 0 Å². The first kappa shape index (κ1) is 15.4. The Bertz CT molecular complexity index is 868. The van der Waals surface area contributed by atoms with Crippen molar-refractivity contribution in [2.24, 2.45) is 0 Å². The number of aromatic amines is 1. The lowest BCUT2D eigenvalue weighted by Crippen LogP contribution is -2.51. The van der Waals surface area contributed by atoms with E-state index < -0.39 is 0 Å². The summed E-state index contributed by atoms with van der Waals surface area (Å²) in [5.41, 5.74) is 0.863. The SMILES string of the molecule is O=C(Nc1cccc2ccccc12)N1CCN(c2cccc[nH+]2)CC1. The number of urea groups is 1. The Labute approximate surface area is 146 Å². The minimum Gasteiger partial charge on any atom is -0.317 e. The number of hydrogen-bond donors (Lipinski definition) is 1. The third kappa shape index (κ3) is 3.26. The second-order valence-electron chi connectivity index (χ2n) is 6.18. The monoisotopic (exact) mass is 333 g/mol. The van der Waals surface area contributed by atoms with Crippen LogP contribution in [-0.2, 0) is 0 Å². The summed E-state index contributed by atoms with van der Waals surface area (Å²) >= 11 is 0. The molecular formula is C20H21N4O+. The van der Waals surface area contributed by atoms with E-state index in [1.54, 1.807) is 0 Å². The van der Waals surface area contributed by atoms with E-state index in [4.69, 9.17) is 0 Å². The van der Waals surface area contributed by atoms with Crippen molar-refractivity contribution in [2.75, 3.05) is 36.4 Å². The van der Waals surface area contributed by atoms with Gasteiger partial charge in [0.1, 0.15) is 13.1 Å². The highest BCUT2D eigenvalue weighted by atomic mass is 16.2. The highest BCUT2D eigenvalue weighted by Gasteiger charge is 2.26. The molecule has 1 saturated heterocycles. The lowest BCUT2D eigenvalue weighted by atomic mass is 10.1. The van der Waals surface area contributed by atoms with Crippen molar-refractivity contribution in [3.8, 4) is 0 Å². The van der Waals surface area contributed by atoms with Gasteiger partial charge < -0.3 is 10.2 Å². The molecule has 0 aliphatic carbocycles. The fraction of sp³-hybridized carbons (Fsp3) is 0.200. The molecule has 1 aliphatic heterocycles. The molecule has 0 saturated carbocycles. The number of fused-ring (bicyclic) bond motifs is 1. The molecule has 0 atom stereocenters. The lowest BCUT2D eigenvalue weighted by molar-refractivity contribution is -0.364. The zero-order chi connectivity index (χ0) is 17.1. The van der Waals surface area contributed by atoms with Crippen LogP contribution < -0.4 is 15.2 Å². The van der Waals surface area contributed by atoms with Crippen molar-refractivity contribution < 1.29 is 9.78 Å². The Morgan fingerprint density at radius 1 is 0.880 bits per heavy atom. The van der Waals surface area contributed by atoms with Crippen molar-refractivity contribution in [1.82, 2.24) is 4.90 Å². The molecule has 4 rings (SSSR count). The molecule has 2 N–H and O–H groups in total. The average Bonchev–Trinajstić information content (AvgIpc) is 2.69. The van der Waals surface area contributed by atoms with Crippen molar-refractivity contribution in [3.05, 3.63) is 66.9 Å². The molecule has 126 valence electrons. The van der Waals surface area contributed by atoms with Crippen LogP contribution in [0.1, 0.15) is 0 Å². The predicted octanol–water partition coefficient (Wildman–Crippen LogP) is 3.01. The van der Waals surface area contributed by atoms with Gasteiger partial charge in [-0.25, -0.2) is 9.78 Å². The molecule has 0 bridgehead atoms.